The van der Waals surface area contributed by atoms with E-state index in [0.717, 1.165) is 24.1 Å². The van der Waals surface area contributed by atoms with E-state index in [9.17, 15) is 0 Å². The molecule has 1 fully saturated rings. The predicted octanol–water partition coefficient (Wildman–Crippen LogP) is 0.579. The van der Waals surface area contributed by atoms with E-state index < -0.39 is 0 Å². The lowest BCUT2D eigenvalue weighted by Crippen LogP contribution is -3.00. The van der Waals surface area contributed by atoms with Gasteiger partial charge in [0.1, 0.15) is 6.54 Å². The lowest BCUT2D eigenvalue weighted by Gasteiger charge is -2.24. The van der Waals surface area contributed by atoms with Crippen LogP contribution < -0.4 is 24.0 Å². The molecule has 1 saturated heterocycles. The molecule has 0 spiro atoms. The van der Waals surface area contributed by atoms with Gasteiger partial charge in [-0.3, -0.25) is 0 Å². The van der Waals surface area contributed by atoms with Crippen LogP contribution in [0.15, 0.2) is 0 Å². The number of unbranched alkanes of at least 4 members (excludes halogenated alkanes) is 4. The maximum absolute atomic E-state index is 5.95. The summed E-state index contributed by atoms with van der Waals surface area (Å²) in [6.07, 6.45) is 10.8. The van der Waals surface area contributed by atoms with Crippen LogP contribution in [0.2, 0.25) is 0 Å². The van der Waals surface area contributed by atoms with Crippen molar-refractivity contribution in [2.75, 3.05) is 34.3 Å². The Morgan fingerprint density at radius 1 is 1.05 bits per heavy atom. The molecule has 0 radical (unpaired) electrons. The quantitative estimate of drug-likeness (QED) is 0.304. The topological polar surface area (TPSA) is 18.5 Å². The molecule has 2 unspecified atom stereocenters. The van der Waals surface area contributed by atoms with Crippen LogP contribution in [0.4, 0.5) is 0 Å². The van der Waals surface area contributed by atoms with Gasteiger partial charge in [-0.05, 0) is 12.8 Å². The average molecular weight is 399 g/mol. The molecule has 20 heavy (non-hydrogen) atoms. The van der Waals surface area contributed by atoms with Crippen LogP contribution in [0, 0.1) is 0 Å². The summed E-state index contributed by atoms with van der Waals surface area (Å²) < 4.78 is 12.7. The van der Waals surface area contributed by atoms with Crippen LogP contribution in [0.25, 0.3) is 0 Å². The normalized spacial score (nSPS) is 22.8. The van der Waals surface area contributed by atoms with Gasteiger partial charge in [0.15, 0.2) is 6.29 Å². The summed E-state index contributed by atoms with van der Waals surface area (Å²) >= 11 is 0. The molecule has 3 nitrogen and oxygen atoms in total. The van der Waals surface area contributed by atoms with E-state index in [-0.39, 0.29) is 30.3 Å². The minimum absolute atomic E-state index is 0. The lowest BCUT2D eigenvalue weighted by atomic mass is 10.1. The molecule has 0 aromatic carbocycles. The second-order valence-electron chi connectivity index (χ2n) is 6.85. The highest BCUT2D eigenvalue weighted by atomic mass is 127. The lowest BCUT2D eigenvalue weighted by molar-refractivity contribution is -0.871. The van der Waals surface area contributed by atoms with Crippen molar-refractivity contribution in [1.29, 1.82) is 0 Å². The highest BCUT2D eigenvalue weighted by Crippen LogP contribution is 2.24. The summed E-state index contributed by atoms with van der Waals surface area (Å²) in [6.45, 7) is 4.11. The third kappa shape index (κ3) is 10.4. The highest BCUT2D eigenvalue weighted by molar-refractivity contribution is 4.68. The largest absolute Gasteiger partial charge is 1.00 e. The Morgan fingerprint density at radius 2 is 1.75 bits per heavy atom. The van der Waals surface area contributed by atoms with Crippen molar-refractivity contribution < 1.29 is 37.9 Å². The first-order chi connectivity index (χ1) is 9.01. The fourth-order valence-corrected chi connectivity index (χ4v) is 2.44. The number of ether oxygens (including phenoxy) is 2. The Kier molecular flexibility index (Phi) is 11.6. The molecule has 0 aromatic rings. The van der Waals surface area contributed by atoms with Gasteiger partial charge in [-0.15, -0.1) is 0 Å². The van der Waals surface area contributed by atoms with Gasteiger partial charge in [-0.25, -0.2) is 0 Å². The van der Waals surface area contributed by atoms with Gasteiger partial charge in [0.25, 0.3) is 0 Å². The van der Waals surface area contributed by atoms with Crippen molar-refractivity contribution in [1.82, 2.24) is 0 Å². The summed E-state index contributed by atoms with van der Waals surface area (Å²) in [6, 6.07) is 0. The van der Waals surface area contributed by atoms with Crippen LogP contribution in [-0.4, -0.2) is 51.2 Å². The third-order valence-electron chi connectivity index (χ3n) is 3.76. The molecule has 1 aliphatic heterocycles. The van der Waals surface area contributed by atoms with Gasteiger partial charge in [0.05, 0.1) is 33.9 Å². The van der Waals surface area contributed by atoms with Crippen molar-refractivity contribution in [3.63, 3.8) is 0 Å². The van der Waals surface area contributed by atoms with Crippen molar-refractivity contribution in [3.8, 4) is 0 Å². The summed E-state index contributed by atoms with van der Waals surface area (Å²) in [7, 11) is 6.58. The van der Waals surface area contributed by atoms with E-state index in [4.69, 9.17) is 9.47 Å². The van der Waals surface area contributed by atoms with E-state index in [1.54, 1.807) is 0 Å². The van der Waals surface area contributed by atoms with Crippen molar-refractivity contribution >= 4 is 0 Å². The van der Waals surface area contributed by atoms with Gasteiger partial charge < -0.3 is 37.9 Å². The van der Waals surface area contributed by atoms with Gasteiger partial charge in [0.2, 0.25) is 0 Å². The van der Waals surface area contributed by atoms with Gasteiger partial charge >= 0.3 is 0 Å². The van der Waals surface area contributed by atoms with E-state index in [1.165, 1.54) is 44.9 Å². The predicted molar refractivity (Wildman–Crippen MR) is 80.1 cm³/mol. The molecule has 122 valence electrons. The molecule has 0 saturated carbocycles. The van der Waals surface area contributed by atoms with Gasteiger partial charge in [0, 0.05) is 6.42 Å². The van der Waals surface area contributed by atoms with Crippen molar-refractivity contribution in [2.24, 2.45) is 0 Å². The summed E-state index contributed by atoms with van der Waals surface area (Å²) in [5.41, 5.74) is 0. The zero-order chi connectivity index (χ0) is 14.1. The first-order valence-electron chi connectivity index (χ1n) is 8.09. The average Bonchev–Trinajstić information content (AvgIpc) is 2.75. The van der Waals surface area contributed by atoms with Crippen LogP contribution in [0.5, 0.6) is 0 Å². The first kappa shape index (κ1) is 20.6. The SMILES string of the molecule is CCCCCCCC1CCC(OCC[N+](C)(C)C)O1.[I-]. The Labute approximate surface area is 143 Å². The Morgan fingerprint density at radius 3 is 2.40 bits per heavy atom. The smallest absolute Gasteiger partial charge is 0.158 e. The molecule has 4 heteroatoms. The summed E-state index contributed by atoms with van der Waals surface area (Å²) in [5, 5.41) is 0. The molecule has 0 aromatic heterocycles. The van der Waals surface area contributed by atoms with Crippen LogP contribution in [-0.2, 0) is 9.47 Å². The molecule has 2 atom stereocenters. The maximum atomic E-state index is 5.95. The number of quaternary nitrogens is 1. The number of halogens is 1. The number of nitrogens with zero attached hydrogens (tertiary/aromatic N) is 1. The molecule has 0 aliphatic carbocycles. The minimum atomic E-state index is 0. The molecule has 1 aliphatic rings. The molecule has 0 amide bonds. The minimum Gasteiger partial charge on any atom is -1.00 e. The molecular weight excluding hydrogens is 365 g/mol. The number of hydrogen-bond donors (Lipinski definition) is 0. The third-order valence-corrected chi connectivity index (χ3v) is 3.76. The van der Waals surface area contributed by atoms with Crippen LogP contribution >= 0.6 is 0 Å². The van der Waals surface area contributed by atoms with Crippen LogP contribution in [0.3, 0.4) is 0 Å². The fourth-order valence-electron chi connectivity index (χ4n) is 2.44. The molecular formula is C16H34INO2. The van der Waals surface area contributed by atoms with Crippen molar-refractivity contribution in [3.05, 3.63) is 0 Å². The second-order valence-corrected chi connectivity index (χ2v) is 6.85. The van der Waals surface area contributed by atoms with Crippen molar-refractivity contribution in [2.45, 2.75) is 70.7 Å². The zero-order valence-corrected chi connectivity index (χ0v) is 16.0. The Balaban J connectivity index is 0.00000361. The molecule has 1 rings (SSSR count). The molecule has 0 N–H and O–H groups in total. The Bertz CT molecular complexity index is 231. The van der Waals surface area contributed by atoms with E-state index in [2.05, 4.69) is 28.1 Å². The van der Waals surface area contributed by atoms with Gasteiger partial charge in [-0.1, -0.05) is 39.0 Å². The monoisotopic (exact) mass is 399 g/mol. The van der Waals surface area contributed by atoms with E-state index in [1.807, 2.05) is 0 Å². The van der Waals surface area contributed by atoms with Crippen LogP contribution in [0.1, 0.15) is 58.3 Å². The molecule has 0 bridgehead atoms. The summed E-state index contributed by atoms with van der Waals surface area (Å²) in [5.74, 6) is 0. The maximum Gasteiger partial charge on any atom is 0.158 e. The first-order valence-corrected chi connectivity index (χ1v) is 8.09. The zero-order valence-electron chi connectivity index (χ0n) is 13.9. The molecule has 1 heterocycles. The summed E-state index contributed by atoms with van der Waals surface area (Å²) in [4.78, 5) is 0. The van der Waals surface area contributed by atoms with Gasteiger partial charge in [-0.2, -0.15) is 0 Å². The number of likely N-dealkylation sites (N-methyl/N-ethyl adjacent to an activating group) is 1. The fraction of sp³-hybridized carbons (Fsp3) is 1.00. The number of hydrogen-bond acceptors (Lipinski definition) is 2. The second kappa shape index (κ2) is 11.2. The number of rotatable bonds is 10. The Hall–Kier alpha value is 0.610. The standard InChI is InChI=1S/C16H34NO2.HI/c1-5-6-7-8-9-10-15-11-12-16(19-15)18-14-13-17(2,3)4;/h15-16H,5-14H2,1-4H3;1H/q+1;/p-1. The van der Waals surface area contributed by atoms with E-state index >= 15 is 0 Å². The van der Waals surface area contributed by atoms with E-state index in [0.29, 0.717) is 6.10 Å². The highest BCUT2D eigenvalue weighted by Gasteiger charge is 2.25.